The summed E-state index contributed by atoms with van der Waals surface area (Å²) >= 11 is 1.36. The normalized spacial score (nSPS) is 18.9. The van der Waals surface area contributed by atoms with Crippen LogP contribution in [0.4, 0.5) is 0 Å². The van der Waals surface area contributed by atoms with Gasteiger partial charge in [0, 0.05) is 13.0 Å². The molecule has 92 valence electrons. The van der Waals surface area contributed by atoms with Gasteiger partial charge in [0.15, 0.2) is 5.01 Å². The van der Waals surface area contributed by atoms with Crippen molar-refractivity contribution in [1.82, 2.24) is 15.6 Å². The molecule has 1 aromatic carbocycles. The van der Waals surface area contributed by atoms with E-state index < -0.39 is 0 Å². The highest BCUT2D eigenvalue weighted by molar-refractivity contribution is 7.20. The lowest BCUT2D eigenvalue weighted by Crippen LogP contribution is -2.36. The molecule has 6 heteroatoms. The molecule has 2 heterocycles. The summed E-state index contributed by atoms with van der Waals surface area (Å²) in [6.45, 7) is 0.496. The molecule has 0 aliphatic carbocycles. The molecule has 0 radical (unpaired) electrons. The third-order valence-electron chi connectivity index (χ3n) is 2.80. The fourth-order valence-electron chi connectivity index (χ4n) is 1.92. The molecule has 2 amide bonds. The van der Waals surface area contributed by atoms with Gasteiger partial charge in [-0.1, -0.05) is 12.1 Å². The predicted molar refractivity (Wildman–Crippen MR) is 68.5 cm³/mol. The van der Waals surface area contributed by atoms with Gasteiger partial charge in [-0.05, 0) is 12.1 Å². The number of para-hydroxylation sites is 1. The number of thiazole rings is 1. The number of fused-ring (bicyclic) bond motifs is 1. The maximum atomic E-state index is 12.0. The lowest BCUT2D eigenvalue weighted by atomic mass is 10.2. The summed E-state index contributed by atoms with van der Waals surface area (Å²) in [7, 11) is 0. The van der Waals surface area contributed by atoms with E-state index in [-0.39, 0.29) is 17.9 Å². The van der Waals surface area contributed by atoms with Crippen molar-refractivity contribution in [2.45, 2.75) is 12.5 Å². The van der Waals surface area contributed by atoms with Crippen LogP contribution in [-0.4, -0.2) is 29.4 Å². The number of nitrogens with one attached hydrogen (secondary N) is 2. The maximum Gasteiger partial charge on any atom is 0.280 e. The van der Waals surface area contributed by atoms with Crippen LogP contribution >= 0.6 is 11.3 Å². The molecule has 1 fully saturated rings. The number of benzene rings is 1. The molecule has 0 spiro atoms. The van der Waals surface area contributed by atoms with Gasteiger partial charge in [-0.3, -0.25) is 9.59 Å². The molecule has 1 aliphatic heterocycles. The third-order valence-corrected chi connectivity index (χ3v) is 3.84. The Morgan fingerprint density at radius 2 is 2.28 bits per heavy atom. The van der Waals surface area contributed by atoms with Crippen molar-refractivity contribution < 1.29 is 9.59 Å². The van der Waals surface area contributed by atoms with Gasteiger partial charge < -0.3 is 10.6 Å². The van der Waals surface area contributed by atoms with E-state index in [2.05, 4.69) is 15.6 Å². The lowest BCUT2D eigenvalue weighted by molar-refractivity contribution is -0.119. The van der Waals surface area contributed by atoms with Crippen molar-refractivity contribution in [2.75, 3.05) is 6.54 Å². The van der Waals surface area contributed by atoms with Gasteiger partial charge in [0.25, 0.3) is 5.91 Å². The highest BCUT2D eigenvalue weighted by Crippen LogP contribution is 2.21. The molecule has 3 rings (SSSR count). The largest absolute Gasteiger partial charge is 0.354 e. The van der Waals surface area contributed by atoms with E-state index in [1.165, 1.54) is 11.3 Å². The van der Waals surface area contributed by atoms with Crippen molar-refractivity contribution in [1.29, 1.82) is 0 Å². The first-order valence-electron chi connectivity index (χ1n) is 5.65. The van der Waals surface area contributed by atoms with E-state index in [1.54, 1.807) is 0 Å². The van der Waals surface area contributed by atoms with E-state index in [0.29, 0.717) is 18.0 Å². The van der Waals surface area contributed by atoms with E-state index >= 15 is 0 Å². The van der Waals surface area contributed by atoms with Gasteiger partial charge in [0.2, 0.25) is 5.91 Å². The van der Waals surface area contributed by atoms with Crippen molar-refractivity contribution in [2.24, 2.45) is 0 Å². The number of rotatable bonds is 2. The second kappa shape index (κ2) is 4.38. The topological polar surface area (TPSA) is 71.1 Å². The van der Waals surface area contributed by atoms with E-state index in [9.17, 15) is 9.59 Å². The standard InChI is InChI=1S/C12H11N3O2S/c16-10-5-7(6-13-10)14-11(17)12-15-8-3-1-2-4-9(8)18-12/h1-4,7H,5-6H2,(H,13,16)(H,14,17)/t7-/m1/s1. The van der Waals surface area contributed by atoms with Crippen LogP contribution in [0, 0.1) is 0 Å². The highest BCUT2D eigenvalue weighted by atomic mass is 32.1. The summed E-state index contributed by atoms with van der Waals surface area (Å²) in [5.74, 6) is -0.234. The summed E-state index contributed by atoms with van der Waals surface area (Å²) in [4.78, 5) is 27.3. The van der Waals surface area contributed by atoms with Gasteiger partial charge in [-0.15, -0.1) is 11.3 Å². The molecular formula is C12H11N3O2S. The first kappa shape index (κ1) is 11.2. The molecule has 1 saturated heterocycles. The fraction of sp³-hybridized carbons (Fsp3) is 0.250. The number of carbonyl (C=O) groups excluding carboxylic acids is 2. The van der Waals surface area contributed by atoms with Gasteiger partial charge in [-0.25, -0.2) is 4.98 Å². The van der Waals surface area contributed by atoms with Crippen LogP contribution in [0.5, 0.6) is 0 Å². The van der Waals surface area contributed by atoms with E-state index in [1.807, 2.05) is 24.3 Å². The smallest absolute Gasteiger partial charge is 0.280 e. The Labute approximate surface area is 107 Å². The molecule has 0 unspecified atom stereocenters. The second-order valence-electron chi connectivity index (χ2n) is 4.17. The first-order chi connectivity index (χ1) is 8.72. The molecule has 1 atom stereocenters. The molecule has 2 aromatic rings. The molecule has 0 bridgehead atoms. The fourth-order valence-corrected chi connectivity index (χ4v) is 2.79. The third kappa shape index (κ3) is 2.06. The minimum absolute atomic E-state index is 0.0235. The van der Waals surface area contributed by atoms with Crippen molar-refractivity contribution in [3.8, 4) is 0 Å². The van der Waals surface area contributed by atoms with E-state index in [4.69, 9.17) is 0 Å². The summed E-state index contributed by atoms with van der Waals surface area (Å²) in [5, 5.41) is 5.93. The zero-order chi connectivity index (χ0) is 12.5. The van der Waals surface area contributed by atoms with Gasteiger partial charge in [0.05, 0.1) is 16.3 Å². The number of nitrogens with zero attached hydrogens (tertiary/aromatic N) is 1. The molecule has 1 aliphatic rings. The first-order valence-corrected chi connectivity index (χ1v) is 6.47. The van der Waals surface area contributed by atoms with Crippen LogP contribution in [0.15, 0.2) is 24.3 Å². The zero-order valence-electron chi connectivity index (χ0n) is 9.47. The Hall–Kier alpha value is -1.95. The average Bonchev–Trinajstić information content (AvgIpc) is 2.95. The second-order valence-corrected chi connectivity index (χ2v) is 5.20. The minimum Gasteiger partial charge on any atom is -0.354 e. The van der Waals surface area contributed by atoms with Gasteiger partial charge in [0.1, 0.15) is 0 Å². The van der Waals surface area contributed by atoms with Crippen LogP contribution in [0.2, 0.25) is 0 Å². The SMILES string of the molecule is O=C1C[C@@H](NC(=O)c2nc3ccccc3s2)CN1. The Morgan fingerprint density at radius 3 is 3.00 bits per heavy atom. The molecule has 0 saturated carbocycles. The Morgan fingerprint density at radius 1 is 1.44 bits per heavy atom. The van der Waals surface area contributed by atoms with Crippen LogP contribution in [0.1, 0.15) is 16.2 Å². The molecule has 5 nitrogen and oxygen atoms in total. The lowest BCUT2D eigenvalue weighted by Gasteiger charge is -2.07. The van der Waals surface area contributed by atoms with Gasteiger partial charge >= 0.3 is 0 Å². The zero-order valence-corrected chi connectivity index (χ0v) is 10.3. The van der Waals surface area contributed by atoms with E-state index in [0.717, 1.165) is 10.2 Å². The highest BCUT2D eigenvalue weighted by Gasteiger charge is 2.24. The van der Waals surface area contributed by atoms with Crippen LogP contribution < -0.4 is 10.6 Å². The summed E-state index contributed by atoms with van der Waals surface area (Å²) < 4.78 is 0.989. The minimum atomic E-state index is -0.210. The van der Waals surface area contributed by atoms with Crippen molar-refractivity contribution in [3.05, 3.63) is 29.3 Å². The quantitative estimate of drug-likeness (QED) is 0.844. The summed E-state index contributed by atoms with van der Waals surface area (Å²) in [6, 6.07) is 7.50. The monoisotopic (exact) mass is 261 g/mol. The van der Waals surface area contributed by atoms with Gasteiger partial charge in [-0.2, -0.15) is 0 Å². The maximum absolute atomic E-state index is 12.0. The Bertz CT molecular complexity index is 590. The number of aromatic nitrogens is 1. The van der Waals surface area contributed by atoms with Crippen LogP contribution in [0.25, 0.3) is 10.2 Å². The summed E-state index contributed by atoms with van der Waals surface area (Å²) in [6.07, 6.45) is 0.344. The molecule has 18 heavy (non-hydrogen) atoms. The Balaban J connectivity index is 1.77. The number of hydrogen-bond donors (Lipinski definition) is 2. The van der Waals surface area contributed by atoms with Crippen molar-refractivity contribution >= 4 is 33.4 Å². The molecule has 2 N–H and O–H groups in total. The predicted octanol–water partition coefficient (Wildman–Crippen LogP) is 0.915. The van der Waals surface area contributed by atoms with Crippen LogP contribution in [0.3, 0.4) is 0 Å². The van der Waals surface area contributed by atoms with Crippen molar-refractivity contribution in [3.63, 3.8) is 0 Å². The Kier molecular flexibility index (Phi) is 2.71. The molecule has 1 aromatic heterocycles. The number of carbonyl (C=O) groups is 2. The summed E-state index contributed by atoms with van der Waals surface area (Å²) in [5.41, 5.74) is 0.827. The number of hydrogen-bond acceptors (Lipinski definition) is 4. The number of amides is 2. The van der Waals surface area contributed by atoms with Crippen LogP contribution in [-0.2, 0) is 4.79 Å². The average molecular weight is 261 g/mol. The molecular weight excluding hydrogens is 250 g/mol.